The molecule has 0 bridgehead atoms. The first kappa shape index (κ1) is 16.9. The summed E-state index contributed by atoms with van der Waals surface area (Å²) in [5, 5.41) is 14.7. The molecular weight excluding hydrogens is 304 g/mol. The zero-order chi connectivity index (χ0) is 17.5. The molecule has 0 aliphatic heterocycles. The van der Waals surface area contributed by atoms with Gasteiger partial charge in [-0.15, -0.1) is 0 Å². The van der Waals surface area contributed by atoms with Crippen LogP contribution in [0.2, 0.25) is 0 Å². The van der Waals surface area contributed by atoms with Crippen molar-refractivity contribution in [3.63, 3.8) is 0 Å². The Morgan fingerprint density at radius 3 is 2.58 bits per heavy atom. The molecule has 0 aliphatic rings. The van der Waals surface area contributed by atoms with Crippen LogP contribution < -0.4 is 21.1 Å². The molecule has 6 heteroatoms. The van der Waals surface area contributed by atoms with Crippen molar-refractivity contribution in [1.82, 2.24) is 0 Å². The van der Waals surface area contributed by atoms with Gasteiger partial charge in [-0.2, -0.15) is 5.26 Å². The van der Waals surface area contributed by atoms with Crippen molar-refractivity contribution < 1.29 is 9.53 Å². The number of ether oxygens (including phenoxy) is 1. The molecule has 0 aliphatic carbocycles. The average Bonchev–Trinajstić information content (AvgIpc) is 2.59. The Kier molecular flexibility index (Phi) is 5.42. The van der Waals surface area contributed by atoms with Crippen molar-refractivity contribution in [2.24, 2.45) is 0 Å². The second-order valence-corrected chi connectivity index (χ2v) is 5.09. The summed E-state index contributed by atoms with van der Waals surface area (Å²) in [5.74, 6) is 0.169. The molecule has 0 saturated heterocycles. The first-order valence-corrected chi connectivity index (χ1v) is 7.22. The van der Waals surface area contributed by atoms with Gasteiger partial charge in [0, 0.05) is 11.9 Å². The summed E-state index contributed by atoms with van der Waals surface area (Å²) in [6, 6.07) is 14.2. The van der Waals surface area contributed by atoms with Crippen LogP contribution in [0.1, 0.15) is 5.56 Å². The number of hydrogen-bond donors (Lipinski definition) is 3. The minimum Gasteiger partial charge on any atom is -0.497 e. The smallest absolute Gasteiger partial charge is 0.267 e. The number of nitriles is 1. The van der Waals surface area contributed by atoms with Crippen molar-refractivity contribution in [2.45, 2.75) is 6.92 Å². The molecule has 0 fully saturated rings. The molecular formula is C18H18N4O2. The second-order valence-electron chi connectivity index (χ2n) is 5.09. The Hall–Kier alpha value is -3.46. The molecule has 0 atom stereocenters. The Balaban J connectivity index is 2.10. The number of nitrogens with two attached hydrogens (primary N) is 1. The van der Waals surface area contributed by atoms with Crippen LogP contribution in [0.5, 0.6) is 5.75 Å². The lowest BCUT2D eigenvalue weighted by molar-refractivity contribution is -0.112. The van der Waals surface area contributed by atoms with Crippen LogP contribution in [0.25, 0.3) is 0 Å². The number of nitrogens with zero attached hydrogens (tertiary/aromatic N) is 1. The van der Waals surface area contributed by atoms with Crippen molar-refractivity contribution in [3.8, 4) is 11.8 Å². The maximum absolute atomic E-state index is 12.2. The number of nitrogens with one attached hydrogen (secondary N) is 2. The third-order valence-corrected chi connectivity index (χ3v) is 3.29. The lowest BCUT2D eigenvalue weighted by Gasteiger charge is -2.08. The van der Waals surface area contributed by atoms with Crippen LogP contribution in [0.4, 0.5) is 17.1 Å². The van der Waals surface area contributed by atoms with Gasteiger partial charge in [0.05, 0.1) is 18.5 Å². The highest BCUT2D eigenvalue weighted by Gasteiger charge is 2.09. The highest BCUT2D eigenvalue weighted by Crippen LogP contribution is 2.20. The third-order valence-electron chi connectivity index (χ3n) is 3.29. The summed E-state index contributed by atoms with van der Waals surface area (Å²) in [4.78, 5) is 12.2. The molecule has 1 amide bonds. The van der Waals surface area contributed by atoms with Gasteiger partial charge in [0.15, 0.2) is 0 Å². The number of aryl methyl sites for hydroxylation is 1. The van der Waals surface area contributed by atoms with Crippen LogP contribution in [0, 0.1) is 18.3 Å². The summed E-state index contributed by atoms with van der Waals surface area (Å²) >= 11 is 0. The van der Waals surface area contributed by atoms with Gasteiger partial charge in [-0.3, -0.25) is 4.79 Å². The number of amides is 1. The molecule has 2 aromatic carbocycles. The van der Waals surface area contributed by atoms with E-state index in [1.165, 1.54) is 6.20 Å². The molecule has 24 heavy (non-hydrogen) atoms. The van der Waals surface area contributed by atoms with Crippen LogP contribution in [0.15, 0.2) is 54.2 Å². The van der Waals surface area contributed by atoms with E-state index in [4.69, 9.17) is 10.5 Å². The fourth-order valence-corrected chi connectivity index (χ4v) is 1.97. The molecule has 122 valence electrons. The third kappa shape index (κ3) is 4.27. The van der Waals surface area contributed by atoms with Crippen LogP contribution in [0.3, 0.4) is 0 Å². The van der Waals surface area contributed by atoms with E-state index in [1.54, 1.807) is 37.4 Å². The van der Waals surface area contributed by atoms with Gasteiger partial charge in [0.2, 0.25) is 0 Å². The fraction of sp³-hybridized carbons (Fsp3) is 0.111. The van der Waals surface area contributed by atoms with Crippen LogP contribution in [-0.4, -0.2) is 13.0 Å². The molecule has 4 N–H and O–H groups in total. The van der Waals surface area contributed by atoms with E-state index in [9.17, 15) is 10.1 Å². The summed E-state index contributed by atoms with van der Waals surface area (Å²) in [5.41, 5.74) is 8.55. The molecule has 2 aromatic rings. The summed E-state index contributed by atoms with van der Waals surface area (Å²) < 4.78 is 5.05. The fourth-order valence-electron chi connectivity index (χ4n) is 1.97. The monoisotopic (exact) mass is 322 g/mol. The highest BCUT2D eigenvalue weighted by atomic mass is 16.5. The normalized spacial score (nSPS) is 10.6. The van der Waals surface area contributed by atoms with Gasteiger partial charge in [-0.1, -0.05) is 6.07 Å². The van der Waals surface area contributed by atoms with Crippen molar-refractivity contribution >= 4 is 23.0 Å². The Morgan fingerprint density at radius 1 is 1.25 bits per heavy atom. The van der Waals surface area contributed by atoms with E-state index in [0.29, 0.717) is 22.8 Å². The number of anilines is 3. The Bertz CT molecular complexity index is 805. The standard InChI is InChI=1S/C18H18N4O2/c1-12-3-8-16(20)17(9-12)21-11-13(10-19)18(23)22-14-4-6-15(24-2)7-5-14/h3-9,11,21H,20H2,1-2H3,(H,22,23)/b13-11-. The number of nitrogen functional groups attached to an aromatic ring is 1. The lowest BCUT2D eigenvalue weighted by atomic mass is 10.2. The first-order chi connectivity index (χ1) is 11.5. The lowest BCUT2D eigenvalue weighted by Crippen LogP contribution is -2.14. The number of rotatable bonds is 5. The number of carbonyl (C=O) groups is 1. The quantitative estimate of drug-likeness (QED) is 0.446. The van der Waals surface area contributed by atoms with Gasteiger partial charge < -0.3 is 21.1 Å². The highest BCUT2D eigenvalue weighted by molar-refractivity contribution is 6.06. The maximum atomic E-state index is 12.2. The SMILES string of the molecule is COc1ccc(NC(=O)/C(C#N)=C\Nc2cc(C)ccc2N)cc1. The minimum absolute atomic E-state index is 0.0632. The predicted molar refractivity (Wildman–Crippen MR) is 94.5 cm³/mol. The van der Waals surface area contributed by atoms with Gasteiger partial charge in [-0.25, -0.2) is 0 Å². The van der Waals surface area contributed by atoms with E-state index in [2.05, 4.69) is 10.6 Å². The van der Waals surface area contributed by atoms with E-state index in [1.807, 2.05) is 25.1 Å². The van der Waals surface area contributed by atoms with Crippen molar-refractivity contribution in [3.05, 3.63) is 59.8 Å². The Labute approximate surface area is 140 Å². The van der Waals surface area contributed by atoms with Gasteiger partial charge >= 0.3 is 0 Å². The van der Waals surface area contributed by atoms with Crippen molar-refractivity contribution in [1.29, 1.82) is 5.26 Å². The summed E-state index contributed by atoms with van der Waals surface area (Å²) in [7, 11) is 1.56. The number of carbonyl (C=O) groups excluding carboxylic acids is 1. The number of methoxy groups -OCH3 is 1. The van der Waals surface area contributed by atoms with E-state index < -0.39 is 5.91 Å². The van der Waals surface area contributed by atoms with E-state index in [-0.39, 0.29) is 5.57 Å². The topological polar surface area (TPSA) is 100 Å². The molecule has 0 unspecified atom stereocenters. The predicted octanol–water partition coefficient (Wildman–Crippen LogP) is 3.04. The molecule has 0 radical (unpaired) electrons. The summed E-state index contributed by atoms with van der Waals surface area (Å²) in [6.07, 6.45) is 1.34. The van der Waals surface area contributed by atoms with Gasteiger partial charge in [0.1, 0.15) is 17.4 Å². The average molecular weight is 322 g/mol. The number of benzene rings is 2. The van der Waals surface area contributed by atoms with Gasteiger partial charge in [-0.05, 0) is 48.9 Å². The molecule has 0 heterocycles. The first-order valence-electron chi connectivity index (χ1n) is 7.22. The zero-order valence-corrected chi connectivity index (χ0v) is 13.5. The molecule has 2 rings (SSSR count). The second kappa shape index (κ2) is 7.70. The minimum atomic E-state index is -0.513. The number of hydrogen-bond acceptors (Lipinski definition) is 5. The van der Waals surface area contributed by atoms with E-state index in [0.717, 1.165) is 5.56 Å². The van der Waals surface area contributed by atoms with Crippen LogP contribution >= 0.6 is 0 Å². The molecule has 0 saturated carbocycles. The van der Waals surface area contributed by atoms with E-state index >= 15 is 0 Å². The van der Waals surface area contributed by atoms with Crippen LogP contribution in [-0.2, 0) is 4.79 Å². The molecule has 0 aromatic heterocycles. The Morgan fingerprint density at radius 2 is 1.96 bits per heavy atom. The largest absolute Gasteiger partial charge is 0.497 e. The summed E-state index contributed by atoms with van der Waals surface area (Å²) in [6.45, 7) is 1.93. The molecule has 0 spiro atoms. The van der Waals surface area contributed by atoms with Gasteiger partial charge in [0.25, 0.3) is 5.91 Å². The van der Waals surface area contributed by atoms with Crippen molar-refractivity contribution in [2.75, 3.05) is 23.5 Å². The molecule has 6 nitrogen and oxygen atoms in total. The zero-order valence-electron chi connectivity index (χ0n) is 13.5. The maximum Gasteiger partial charge on any atom is 0.267 e.